The molecule has 0 amide bonds. The molecule has 1 aromatic rings. The first kappa shape index (κ1) is 15.0. The molecule has 1 atom stereocenters. The quantitative estimate of drug-likeness (QED) is 0.704. The van der Waals surface area contributed by atoms with Crippen LogP contribution >= 0.6 is 15.9 Å². The number of halogens is 1. The second kappa shape index (κ2) is 6.74. The van der Waals surface area contributed by atoms with Crippen molar-refractivity contribution in [1.29, 1.82) is 0 Å². The normalized spacial score (nSPS) is 13.7. The van der Waals surface area contributed by atoms with E-state index in [-0.39, 0.29) is 0 Å². The van der Waals surface area contributed by atoms with E-state index in [4.69, 9.17) is 4.74 Å². The van der Waals surface area contributed by atoms with Crippen LogP contribution < -0.4 is 4.74 Å². The van der Waals surface area contributed by atoms with Crippen LogP contribution in [0.4, 0.5) is 0 Å². The predicted octanol–water partition coefficient (Wildman–Crippen LogP) is 4.23. The number of rotatable bonds is 7. The van der Waals surface area contributed by atoms with Gasteiger partial charge in [-0.05, 0) is 24.1 Å². The largest absolute Gasteiger partial charge is 0.497 e. The third-order valence-electron chi connectivity index (χ3n) is 3.22. The number of hydrogen-bond acceptors (Lipinski definition) is 2. The molecule has 2 nitrogen and oxygen atoms in total. The number of carbonyl (C=O) groups is 1. The highest BCUT2D eigenvalue weighted by Crippen LogP contribution is 2.38. The molecule has 0 spiro atoms. The summed E-state index contributed by atoms with van der Waals surface area (Å²) in [5, 5.41) is 0. The number of carbonyl (C=O) groups excluding carboxylic acids is 1. The van der Waals surface area contributed by atoms with Gasteiger partial charge in [-0.15, -0.1) is 0 Å². The average molecular weight is 311 g/mol. The summed E-state index contributed by atoms with van der Waals surface area (Å²) < 4.78 is 5.85. The number of benzene rings is 1. The lowest BCUT2D eigenvalue weighted by atomic mass is 9.77. The maximum atomic E-state index is 11.6. The Balaban J connectivity index is 3.14. The van der Waals surface area contributed by atoms with Gasteiger partial charge in [0.05, 0.1) is 12.5 Å². The second-order valence-corrected chi connectivity index (χ2v) is 5.28. The van der Waals surface area contributed by atoms with Crippen molar-refractivity contribution in [1.82, 2.24) is 0 Å². The maximum absolute atomic E-state index is 11.6. The van der Waals surface area contributed by atoms with E-state index in [1.54, 1.807) is 7.11 Å². The van der Waals surface area contributed by atoms with Crippen LogP contribution in [0.15, 0.2) is 35.3 Å². The summed E-state index contributed by atoms with van der Waals surface area (Å²) >= 11 is 3.40. The average Bonchev–Trinajstić information content (AvgIpc) is 2.40. The minimum Gasteiger partial charge on any atom is -0.497 e. The molecule has 1 unspecified atom stereocenters. The topological polar surface area (TPSA) is 26.3 Å². The van der Waals surface area contributed by atoms with Crippen molar-refractivity contribution in [2.24, 2.45) is 0 Å². The van der Waals surface area contributed by atoms with E-state index in [1.807, 2.05) is 24.3 Å². The summed E-state index contributed by atoms with van der Waals surface area (Å²) in [6.07, 6.45) is 3.78. The zero-order valence-electron chi connectivity index (χ0n) is 10.9. The van der Waals surface area contributed by atoms with E-state index < -0.39 is 5.41 Å². The van der Waals surface area contributed by atoms with Gasteiger partial charge in [-0.2, -0.15) is 0 Å². The van der Waals surface area contributed by atoms with Crippen LogP contribution in [0.5, 0.6) is 5.75 Å². The first-order valence-corrected chi connectivity index (χ1v) is 6.85. The van der Waals surface area contributed by atoms with Crippen LogP contribution in [0.3, 0.4) is 0 Å². The number of ether oxygens (including phenoxy) is 1. The summed E-state index contributed by atoms with van der Waals surface area (Å²) in [5.41, 5.74) is 0.316. The van der Waals surface area contributed by atoms with Crippen molar-refractivity contribution in [3.63, 3.8) is 0 Å². The molecule has 1 aromatic carbocycles. The molecule has 0 N–H and O–H groups in total. The monoisotopic (exact) mass is 310 g/mol. The van der Waals surface area contributed by atoms with Crippen LogP contribution in [0.25, 0.3) is 0 Å². The van der Waals surface area contributed by atoms with Crippen LogP contribution in [0.2, 0.25) is 0 Å². The summed E-state index contributed by atoms with van der Waals surface area (Å²) in [6, 6.07) is 7.59. The molecule has 0 heterocycles. The van der Waals surface area contributed by atoms with Crippen LogP contribution in [0, 0.1) is 0 Å². The van der Waals surface area contributed by atoms with Gasteiger partial charge in [0.25, 0.3) is 0 Å². The predicted molar refractivity (Wildman–Crippen MR) is 78.3 cm³/mol. The van der Waals surface area contributed by atoms with Crippen molar-refractivity contribution in [2.75, 3.05) is 7.11 Å². The van der Waals surface area contributed by atoms with E-state index in [0.717, 1.165) is 36.9 Å². The van der Waals surface area contributed by atoms with Gasteiger partial charge in [0.15, 0.2) is 0 Å². The minimum atomic E-state index is -0.637. The Morgan fingerprint density at radius 3 is 2.44 bits per heavy atom. The molecule has 0 saturated carbocycles. The minimum absolute atomic E-state index is 0.637. The van der Waals surface area contributed by atoms with E-state index in [1.165, 1.54) is 0 Å². The third kappa shape index (κ3) is 3.02. The van der Waals surface area contributed by atoms with Crippen LogP contribution in [0.1, 0.15) is 31.7 Å². The van der Waals surface area contributed by atoms with Crippen molar-refractivity contribution in [3.8, 4) is 5.75 Å². The molecular formula is C15H19BrO2. The molecule has 0 aliphatic rings. The molecule has 98 valence electrons. The third-order valence-corrected chi connectivity index (χ3v) is 3.92. The van der Waals surface area contributed by atoms with Gasteiger partial charge in [0, 0.05) is 4.48 Å². The second-order valence-electron chi connectivity index (χ2n) is 4.33. The SMILES string of the molecule is C=C(Br)C(C=O)(CCCC)c1ccc(OC)cc1. The summed E-state index contributed by atoms with van der Waals surface area (Å²) in [6.45, 7) is 6.04. The maximum Gasteiger partial charge on any atom is 0.135 e. The van der Waals surface area contributed by atoms with E-state index in [0.29, 0.717) is 4.48 Å². The number of allylic oxidation sites excluding steroid dienone is 1. The molecule has 18 heavy (non-hydrogen) atoms. The fourth-order valence-electron chi connectivity index (χ4n) is 1.97. The molecule has 0 radical (unpaired) electrons. The van der Waals surface area contributed by atoms with E-state index >= 15 is 0 Å². The van der Waals surface area contributed by atoms with Crippen molar-refractivity contribution >= 4 is 22.2 Å². The van der Waals surface area contributed by atoms with Gasteiger partial charge >= 0.3 is 0 Å². The van der Waals surface area contributed by atoms with E-state index in [9.17, 15) is 4.79 Å². The number of methoxy groups -OCH3 is 1. The number of hydrogen-bond donors (Lipinski definition) is 0. The molecule has 1 rings (SSSR count). The Kier molecular flexibility index (Phi) is 5.60. The first-order valence-electron chi connectivity index (χ1n) is 6.06. The first-order chi connectivity index (χ1) is 8.60. The number of unbranched alkanes of at least 4 members (excludes halogenated alkanes) is 1. The van der Waals surface area contributed by atoms with Crippen LogP contribution in [-0.2, 0) is 10.2 Å². The summed E-state index contributed by atoms with van der Waals surface area (Å²) in [4.78, 5) is 11.6. The van der Waals surface area contributed by atoms with Gasteiger partial charge < -0.3 is 9.53 Å². The van der Waals surface area contributed by atoms with Gasteiger partial charge in [-0.3, -0.25) is 0 Å². The van der Waals surface area contributed by atoms with Crippen molar-refractivity contribution in [2.45, 2.75) is 31.6 Å². The fourth-order valence-corrected chi connectivity index (χ4v) is 2.49. The Hall–Kier alpha value is -1.09. The van der Waals surface area contributed by atoms with E-state index in [2.05, 4.69) is 29.4 Å². The molecule has 0 aliphatic heterocycles. The van der Waals surface area contributed by atoms with Crippen molar-refractivity contribution < 1.29 is 9.53 Å². The summed E-state index contributed by atoms with van der Waals surface area (Å²) in [5.74, 6) is 0.786. The lowest BCUT2D eigenvalue weighted by Gasteiger charge is -2.28. The molecule has 0 saturated heterocycles. The highest BCUT2D eigenvalue weighted by atomic mass is 79.9. The standard InChI is InChI=1S/C15H19BrO2/c1-4-5-10-15(11-17,12(2)16)13-6-8-14(18-3)9-7-13/h6-9,11H,2,4-5,10H2,1,3H3. The van der Waals surface area contributed by atoms with Gasteiger partial charge in [0.2, 0.25) is 0 Å². The molecule has 0 bridgehead atoms. The molecule has 0 aromatic heterocycles. The Bertz CT molecular complexity index is 411. The molecular weight excluding hydrogens is 292 g/mol. The molecule has 0 fully saturated rings. The van der Waals surface area contributed by atoms with Gasteiger partial charge in [-0.25, -0.2) is 0 Å². The van der Waals surface area contributed by atoms with Gasteiger partial charge in [0.1, 0.15) is 12.0 Å². The van der Waals surface area contributed by atoms with Crippen molar-refractivity contribution in [3.05, 3.63) is 40.9 Å². The Morgan fingerprint density at radius 2 is 2.06 bits per heavy atom. The zero-order chi connectivity index (χ0) is 13.6. The smallest absolute Gasteiger partial charge is 0.135 e. The lowest BCUT2D eigenvalue weighted by molar-refractivity contribution is -0.111. The highest BCUT2D eigenvalue weighted by molar-refractivity contribution is 9.11. The Morgan fingerprint density at radius 1 is 1.44 bits per heavy atom. The lowest BCUT2D eigenvalue weighted by Crippen LogP contribution is -2.28. The number of aldehydes is 1. The molecule has 0 aliphatic carbocycles. The van der Waals surface area contributed by atoms with Crippen LogP contribution in [-0.4, -0.2) is 13.4 Å². The highest BCUT2D eigenvalue weighted by Gasteiger charge is 2.33. The fraction of sp³-hybridized carbons (Fsp3) is 0.400. The summed E-state index contributed by atoms with van der Waals surface area (Å²) in [7, 11) is 1.63. The van der Waals surface area contributed by atoms with Gasteiger partial charge in [-0.1, -0.05) is 54.4 Å². The zero-order valence-corrected chi connectivity index (χ0v) is 12.5. The molecule has 3 heteroatoms. The Labute approximate surface area is 117 Å².